The number of halogens is 2. The Balaban J connectivity index is 2.68. The van der Waals surface area contributed by atoms with E-state index < -0.39 is 11.6 Å². The highest BCUT2D eigenvalue weighted by atomic mass is 19.1. The summed E-state index contributed by atoms with van der Waals surface area (Å²) in [5, 5.41) is 8.88. The minimum absolute atomic E-state index is 0.00264. The first-order valence-electron chi connectivity index (χ1n) is 4.50. The fourth-order valence-electron chi connectivity index (χ4n) is 1.44. The van der Waals surface area contributed by atoms with E-state index in [1.165, 1.54) is 10.9 Å². The molecule has 3 nitrogen and oxygen atoms in total. The summed E-state index contributed by atoms with van der Waals surface area (Å²) in [6.07, 6.45) is 1.39. The van der Waals surface area contributed by atoms with Gasteiger partial charge in [0.25, 0.3) is 0 Å². The lowest BCUT2D eigenvalue weighted by molar-refractivity contribution is 0.602. The van der Waals surface area contributed by atoms with Crippen LogP contribution in [-0.2, 0) is 7.05 Å². The Morgan fingerprint density at radius 1 is 1.38 bits per heavy atom. The van der Waals surface area contributed by atoms with Crippen LogP contribution in [0.3, 0.4) is 0 Å². The molecule has 0 radical (unpaired) electrons. The van der Waals surface area contributed by atoms with E-state index in [1.54, 1.807) is 7.05 Å². The number of aromatic nitrogens is 2. The van der Waals surface area contributed by atoms with Gasteiger partial charge in [-0.1, -0.05) is 0 Å². The van der Waals surface area contributed by atoms with Gasteiger partial charge in [-0.05, 0) is 18.2 Å². The van der Waals surface area contributed by atoms with Crippen molar-refractivity contribution in [2.75, 3.05) is 0 Å². The predicted molar refractivity (Wildman–Crippen MR) is 53.3 cm³/mol. The number of benzene rings is 1. The number of nitrogens with zero attached hydrogens (tertiary/aromatic N) is 3. The highest BCUT2D eigenvalue weighted by molar-refractivity contribution is 5.65. The van der Waals surface area contributed by atoms with E-state index in [2.05, 4.69) is 4.98 Å². The molecule has 2 aromatic rings. The second-order valence-electron chi connectivity index (χ2n) is 3.29. The average Bonchev–Trinajstić information content (AvgIpc) is 2.63. The standard InChI is InChI=1S/C11H7F2N3/c1-16-6-15-11(10(16)5-14)8-4-7(12)2-3-9(8)13/h2-4,6H,1H3. The molecule has 0 saturated carbocycles. The highest BCUT2D eigenvalue weighted by Crippen LogP contribution is 2.24. The van der Waals surface area contributed by atoms with Gasteiger partial charge in [0.15, 0.2) is 0 Å². The first-order chi connectivity index (χ1) is 7.63. The molecule has 0 fully saturated rings. The molecule has 16 heavy (non-hydrogen) atoms. The Labute approximate surface area is 90.6 Å². The second-order valence-corrected chi connectivity index (χ2v) is 3.29. The van der Waals surface area contributed by atoms with E-state index in [0.29, 0.717) is 0 Å². The van der Waals surface area contributed by atoms with Crippen LogP contribution in [0.2, 0.25) is 0 Å². The normalized spacial score (nSPS) is 10.1. The van der Waals surface area contributed by atoms with Gasteiger partial charge >= 0.3 is 0 Å². The summed E-state index contributed by atoms with van der Waals surface area (Å²) in [5.41, 5.74) is 0.351. The number of aryl methyl sites for hydroxylation is 1. The van der Waals surface area contributed by atoms with Gasteiger partial charge in [-0.15, -0.1) is 0 Å². The quantitative estimate of drug-likeness (QED) is 0.738. The molecular weight excluding hydrogens is 212 g/mol. The molecule has 80 valence electrons. The van der Waals surface area contributed by atoms with Crippen LogP contribution < -0.4 is 0 Å². The van der Waals surface area contributed by atoms with Crippen LogP contribution in [0.1, 0.15) is 5.69 Å². The van der Waals surface area contributed by atoms with Crippen molar-refractivity contribution in [3.05, 3.63) is 41.9 Å². The molecule has 5 heteroatoms. The van der Waals surface area contributed by atoms with Crippen molar-refractivity contribution in [2.45, 2.75) is 0 Å². The minimum atomic E-state index is -0.600. The molecule has 1 aromatic heterocycles. The maximum atomic E-state index is 13.5. The van der Waals surface area contributed by atoms with Gasteiger partial charge in [0.2, 0.25) is 0 Å². The highest BCUT2D eigenvalue weighted by Gasteiger charge is 2.15. The van der Waals surface area contributed by atoms with Gasteiger partial charge in [0.1, 0.15) is 29.1 Å². The molecule has 0 bridgehead atoms. The summed E-state index contributed by atoms with van der Waals surface area (Å²) < 4.78 is 27.9. The monoisotopic (exact) mass is 219 g/mol. The molecule has 0 aliphatic rings. The van der Waals surface area contributed by atoms with E-state index in [4.69, 9.17) is 5.26 Å². The van der Waals surface area contributed by atoms with Crippen molar-refractivity contribution in [1.82, 2.24) is 9.55 Å². The largest absolute Gasteiger partial charge is 0.325 e. The molecule has 0 spiro atoms. The van der Waals surface area contributed by atoms with E-state index in [9.17, 15) is 8.78 Å². The van der Waals surface area contributed by atoms with Crippen LogP contribution in [0.4, 0.5) is 8.78 Å². The number of imidazole rings is 1. The first-order valence-corrected chi connectivity index (χ1v) is 4.50. The van der Waals surface area contributed by atoms with Crippen LogP contribution in [0.15, 0.2) is 24.5 Å². The van der Waals surface area contributed by atoms with Gasteiger partial charge in [-0.25, -0.2) is 13.8 Å². The summed E-state index contributed by atoms with van der Waals surface area (Å²) in [6, 6.07) is 4.96. The number of nitriles is 1. The maximum Gasteiger partial charge on any atom is 0.147 e. The first kappa shape index (κ1) is 10.3. The van der Waals surface area contributed by atoms with Gasteiger partial charge < -0.3 is 4.57 Å². The third kappa shape index (κ3) is 1.54. The molecule has 1 heterocycles. The van der Waals surface area contributed by atoms with Crippen molar-refractivity contribution in [3.8, 4) is 17.3 Å². The molecule has 0 atom stereocenters. The lowest BCUT2D eigenvalue weighted by Gasteiger charge is -2.00. The van der Waals surface area contributed by atoms with Gasteiger partial charge in [0.05, 0.1) is 6.33 Å². The van der Waals surface area contributed by atoms with Crippen molar-refractivity contribution < 1.29 is 8.78 Å². The molecular formula is C11H7F2N3. The summed E-state index contributed by atoms with van der Waals surface area (Å²) >= 11 is 0. The smallest absolute Gasteiger partial charge is 0.147 e. The summed E-state index contributed by atoms with van der Waals surface area (Å²) in [6.45, 7) is 0. The van der Waals surface area contributed by atoms with E-state index in [1.807, 2.05) is 6.07 Å². The van der Waals surface area contributed by atoms with Crippen LogP contribution in [0.25, 0.3) is 11.3 Å². The summed E-state index contributed by atoms with van der Waals surface area (Å²) in [5.74, 6) is -1.16. The topological polar surface area (TPSA) is 41.6 Å². The molecule has 0 unspecified atom stereocenters. The van der Waals surface area contributed by atoms with Gasteiger partial charge in [0, 0.05) is 12.6 Å². The van der Waals surface area contributed by atoms with Gasteiger partial charge in [-0.2, -0.15) is 5.26 Å². The Kier molecular flexibility index (Phi) is 2.41. The molecule has 1 aromatic carbocycles. The van der Waals surface area contributed by atoms with Crippen LogP contribution in [0, 0.1) is 23.0 Å². The lowest BCUT2D eigenvalue weighted by Crippen LogP contribution is -1.93. The molecule has 2 rings (SSSR count). The zero-order chi connectivity index (χ0) is 11.7. The van der Waals surface area contributed by atoms with Crippen LogP contribution in [-0.4, -0.2) is 9.55 Å². The second kappa shape index (κ2) is 3.74. The molecule has 0 N–H and O–H groups in total. The zero-order valence-electron chi connectivity index (χ0n) is 8.41. The molecule has 0 aliphatic carbocycles. The molecule has 0 saturated heterocycles. The van der Waals surface area contributed by atoms with Gasteiger partial charge in [-0.3, -0.25) is 0 Å². The Morgan fingerprint density at radius 3 is 2.81 bits per heavy atom. The zero-order valence-corrected chi connectivity index (χ0v) is 8.41. The minimum Gasteiger partial charge on any atom is -0.325 e. The number of rotatable bonds is 1. The third-order valence-electron chi connectivity index (χ3n) is 2.23. The van der Waals surface area contributed by atoms with Crippen LogP contribution >= 0.6 is 0 Å². The maximum absolute atomic E-state index is 13.5. The van der Waals surface area contributed by atoms with Crippen LogP contribution in [0.5, 0.6) is 0 Å². The number of hydrogen-bond donors (Lipinski definition) is 0. The Hall–Kier alpha value is -2.22. The molecule has 0 amide bonds. The van der Waals surface area contributed by atoms with Crippen molar-refractivity contribution in [1.29, 1.82) is 5.26 Å². The fourth-order valence-corrected chi connectivity index (χ4v) is 1.44. The summed E-state index contributed by atoms with van der Waals surface area (Å²) in [7, 11) is 1.62. The van der Waals surface area contributed by atoms with Crippen molar-refractivity contribution in [2.24, 2.45) is 7.05 Å². The molecule has 0 aliphatic heterocycles. The third-order valence-corrected chi connectivity index (χ3v) is 2.23. The summed E-state index contributed by atoms with van der Waals surface area (Å²) in [4.78, 5) is 3.89. The van der Waals surface area contributed by atoms with E-state index >= 15 is 0 Å². The van der Waals surface area contributed by atoms with E-state index in [0.717, 1.165) is 18.2 Å². The SMILES string of the molecule is Cn1cnc(-c2cc(F)ccc2F)c1C#N. The average molecular weight is 219 g/mol. The van der Waals surface area contributed by atoms with Crippen molar-refractivity contribution in [3.63, 3.8) is 0 Å². The fraction of sp³-hybridized carbons (Fsp3) is 0.0909. The lowest BCUT2D eigenvalue weighted by atomic mass is 10.1. The Bertz CT molecular complexity index is 581. The predicted octanol–water partition coefficient (Wildman–Crippen LogP) is 2.24. The number of hydrogen-bond acceptors (Lipinski definition) is 2. The Morgan fingerprint density at radius 2 is 2.12 bits per heavy atom. The van der Waals surface area contributed by atoms with E-state index in [-0.39, 0.29) is 17.0 Å². The van der Waals surface area contributed by atoms with Crippen molar-refractivity contribution >= 4 is 0 Å².